The summed E-state index contributed by atoms with van der Waals surface area (Å²) in [4.78, 5) is 12.1. The Kier molecular flexibility index (Phi) is 5.15. The number of aromatic nitrogens is 2. The first kappa shape index (κ1) is 13.7. The third-order valence-electron chi connectivity index (χ3n) is 2.81. The summed E-state index contributed by atoms with van der Waals surface area (Å²) in [5.74, 6) is 0.560. The van der Waals surface area contributed by atoms with Gasteiger partial charge in [-0.1, -0.05) is 6.92 Å². The number of aryl methyl sites for hydroxylation is 1. The number of rotatable bonds is 7. The lowest BCUT2D eigenvalue weighted by Gasteiger charge is -2.11. The van der Waals surface area contributed by atoms with Crippen molar-refractivity contribution in [3.63, 3.8) is 0 Å². The van der Waals surface area contributed by atoms with Crippen molar-refractivity contribution in [2.45, 2.75) is 39.8 Å². The zero-order chi connectivity index (χ0) is 12.8. The minimum Gasteiger partial charge on any atom is -0.493 e. The molecule has 0 aliphatic rings. The van der Waals surface area contributed by atoms with Crippen LogP contribution in [0.5, 0.6) is 5.75 Å². The monoisotopic (exact) mass is 239 g/mol. The second-order valence-electron chi connectivity index (χ2n) is 3.99. The molecule has 96 valence electrons. The van der Waals surface area contributed by atoms with E-state index < -0.39 is 0 Å². The summed E-state index contributed by atoms with van der Waals surface area (Å²) in [6.45, 7) is 7.07. The number of carbonyl (C=O) groups excluding carboxylic acids is 1. The van der Waals surface area contributed by atoms with Gasteiger partial charge in [-0.2, -0.15) is 5.10 Å². The number of Topliss-reactive ketones (excluding diaryl/α,β-unsaturated/α-hetero) is 1. The smallest absolute Gasteiger partial charge is 0.198 e. The largest absolute Gasteiger partial charge is 0.493 e. The van der Waals surface area contributed by atoms with E-state index in [1.54, 1.807) is 18.0 Å². The molecule has 17 heavy (non-hydrogen) atoms. The SMILES string of the molecule is CCC(C)NCC(=O)c1c(OC)cnn1CC. The van der Waals surface area contributed by atoms with Gasteiger partial charge in [-0.05, 0) is 20.3 Å². The van der Waals surface area contributed by atoms with Gasteiger partial charge in [-0.25, -0.2) is 0 Å². The molecule has 1 aromatic rings. The molecule has 1 aromatic heterocycles. The Morgan fingerprint density at radius 3 is 2.82 bits per heavy atom. The van der Waals surface area contributed by atoms with E-state index >= 15 is 0 Å². The molecule has 0 amide bonds. The predicted molar refractivity (Wildman–Crippen MR) is 66.5 cm³/mol. The van der Waals surface area contributed by atoms with E-state index in [-0.39, 0.29) is 5.78 Å². The summed E-state index contributed by atoms with van der Waals surface area (Å²) >= 11 is 0. The third-order valence-corrected chi connectivity index (χ3v) is 2.81. The van der Waals surface area contributed by atoms with E-state index in [1.807, 2.05) is 6.92 Å². The van der Waals surface area contributed by atoms with Crippen molar-refractivity contribution < 1.29 is 9.53 Å². The van der Waals surface area contributed by atoms with Crippen LogP contribution in [-0.4, -0.2) is 35.3 Å². The Morgan fingerprint density at radius 2 is 2.29 bits per heavy atom. The van der Waals surface area contributed by atoms with Gasteiger partial charge in [-0.3, -0.25) is 9.48 Å². The Bertz CT molecular complexity index is 352. The number of nitrogens with one attached hydrogen (secondary N) is 1. The van der Waals surface area contributed by atoms with E-state index in [0.29, 0.717) is 30.6 Å². The van der Waals surface area contributed by atoms with Gasteiger partial charge in [0, 0.05) is 12.6 Å². The fraction of sp³-hybridized carbons (Fsp3) is 0.667. The molecule has 5 heteroatoms. The Balaban J connectivity index is 2.76. The average Bonchev–Trinajstić information content (AvgIpc) is 2.78. The fourth-order valence-corrected chi connectivity index (χ4v) is 1.53. The number of ketones is 1. The molecule has 0 saturated carbocycles. The number of ether oxygens (including phenoxy) is 1. The van der Waals surface area contributed by atoms with E-state index in [1.165, 1.54) is 0 Å². The standard InChI is InChI=1S/C12H21N3O2/c1-5-9(3)13-7-10(16)12-11(17-4)8-14-15(12)6-2/h8-9,13H,5-7H2,1-4H3. The van der Waals surface area contributed by atoms with E-state index in [9.17, 15) is 4.79 Å². The highest BCUT2D eigenvalue weighted by atomic mass is 16.5. The molecular formula is C12H21N3O2. The molecular weight excluding hydrogens is 218 g/mol. The molecule has 0 aliphatic heterocycles. The highest BCUT2D eigenvalue weighted by Crippen LogP contribution is 2.17. The maximum Gasteiger partial charge on any atom is 0.198 e. The van der Waals surface area contributed by atoms with E-state index in [2.05, 4.69) is 24.3 Å². The van der Waals surface area contributed by atoms with E-state index in [4.69, 9.17) is 4.74 Å². The van der Waals surface area contributed by atoms with Crippen LogP contribution in [0.25, 0.3) is 0 Å². The average molecular weight is 239 g/mol. The van der Waals surface area contributed by atoms with Gasteiger partial charge in [0.15, 0.2) is 11.5 Å². The summed E-state index contributed by atoms with van der Waals surface area (Å²) in [6.07, 6.45) is 2.58. The number of carbonyl (C=O) groups is 1. The molecule has 1 heterocycles. The molecule has 0 radical (unpaired) electrons. The van der Waals surface area contributed by atoms with Gasteiger partial charge < -0.3 is 10.1 Å². The van der Waals surface area contributed by atoms with Crippen LogP contribution in [0.4, 0.5) is 0 Å². The van der Waals surface area contributed by atoms with Crippen molar-refractivity contribution >= 4 is 5.78 Å². The van der Waals surface area contributed by atoms with Crippen molar-refractivity contribution in [1.29, 1.82) is 0 Å². The third kappa shape index (κ3) is 3.30. The van der Waals surface area contributed by atoms with Crippen LogP contribution in [-0.2, 0) is 6.54 Å². The highest BCUT2D eigenvalue weighted by molar-refractivity contribution is 5.98. The Morgan fingerprint density at radius 1 is 1.59 bits per heavy atom. The summed E-state index contributed by atoms with van der Waals surface area (Å²) in [6, 6.07) is 0.336. The van der Waals surface area contributed by atoms with E-state index in [0.717, 1.165) is 6.42 Å². The van der Waals surface area contributed by atoms with Crippen LogP contribution in [0.2, 0.25) is 0 Å². The van der Waals surface area contributed by atoms with Gasteiger partial charge in [0.2, 0.25) is 0 Å². The zero-order valence-electron chi connectivity index (χ0n) is 11.0. The number of hydrogen-bond donors (Lipinski definition) is 1. The topological polar surface area (TPSA) is 56.1 Å². The van der Waals surface area contributed by atoms with Gasteiger partial charge in [0.05, 0.1) is 19.9 Å². The highest BCUT2D eigenvalue weighted by Gasteiger charge is 2.18. The summed E-state index contributed by atoms with van der Waals surface area (Å²) in [5, 5.41) is 7.29. The number of methoxy groups -OCH3 is 1. The second-order valence-corrected chi connectivity index (χ2v) is 3.99. The predicted octanol–water partition coefficient (Wildman–Crippen LogP) is 1.48. The lowest BCUT2D eigenvalue weighted by molar-refractivity contribution is 0.0974. The van der Waals surface area contributed by atoms with Crippen molar-refractivity contribution in [2.24, 2.45) is 0 Å². The molecule has 0 aliphatic carbocycles. The lowest BCUT2D eigenvalue weighted by atomic mass is 10.2. The van der Waals surface area contributed by atoms with Crippen molar-refractivity contribution in [1.82, 2.24) is 15.1 Å². The fourth-order valence-electron chi connectivity index (χ4n) is 1.53. The molecule has 0 spiro atoms. The molecule has 0 fully saturated rings. The summed E-state index contributed by atoms with van der Waals surface area (Å²) < 4.78 is 6.82. The van der Waals surface area contributed by atoms with Crippen molar-refractivity contribution in [2.75, 3.05) is 13.7 Å². The first-order valence-electron chi connectivity index (χ1n) is 6.00. The quantitative estimate of drug-likeness (QED) is 0.732. The minimum atomic E-state index is 0.0153. The first-order valence-corrected chi connectivity index (χ1v) is 6.00. The summed E-state index contributed by atoms with van der Waals surface area (Å²) in [5.41, 5.74) is 0.547. The first-order chi connectivity index (χ1) is 8.13. The molecule has 0 saturated heterocycles. The van der Waals surface area contributed by atoms with Crippen molar-refractivity contribution in [3.8, 4) is 5.75 Å². The number of hydrogen-bond acceptors (Lipinski definition) is 4. The van der Waals surface area contributed by atoms with Crippen molar-refractivity contribution in [3.05, 3.63) is 11.9 Å². The van der Waals surface area contributed by atoms with Crippen LogP contribution in [0.1, 0.15) is 37.7 Å². The van der Waals surface area contributed by atoms with Gasteiger partial charge in [0.25, 0.3) is 0 Å². The van der Waals surface area contributed by atoms with Crippen LogP contribution in [0, 0.1) is 0 Å². The molecule has 0 aromatic carbocycles. The molecule has 1 atom stereocenters. The molecule has 1 unspecified atom stereocenters. The molecule has 1 rings (SSSR count). The Labute approximate surface area is 102 Å². The molecule has 1 N–H and O–H groups in total. The molecule has 0 bridgehead atoms. The maximum absolute atomic E-state index is 12.1. The Hall–Kier alpha value is -1.36. The van der Waals surface area contributed by atoms with Crippen LogP contribution in [0.3, 0.4) is 0 Å². The van der Waals surface area contributed by atoms with Gasteiger partial charge >= 0.3 is 0 Å². The summed E-state index contributed by atoms with van der Waals surface area (Å²) in [7, 11) is 1.55. The van der Waals surface area contributed by atoms with Crippen LogP contribution >= 0.6 is 0 Å². The van der Waals surface area contributed by atoms with Gasteiger partial charge in [0.1, 0.15) is 5.69 Å². The normalized spacial score (nSPS) is 12.5. The van der Waals surface area contributed by atoms with Crippen LogP contribution < -0.4 is 10.1 Å². The minimum absolute atomic E-state index is 0.0153. The lowest BCUT2D eigenvalue weighted by Crippen LogP contribution is -2.32. The van der Waals surface area contributed by atoms with Gasteiger partial charge in [-0.15, -0.1) is 0 Å². The number of nitrogens with zero attached hydrogens (tertiary/aromatic N) is 2. The molecule has 5 nitrogen and oxygen atoms in total. The maximum atomic E-state index is 12.1. The second kappa shape index (κ2) is 6.39. The van der Waals surface area contributed by atoms with Crippen LogP contribution in [0.15, 0.2) is 6.20 Å². The zero-order valence-corrected chi connectivity index (χ0v) is 11.0.